The molecule has 0 saturated carbocycles. The normalized spacial score (nSPS) is 22.7. The van der Waals surface area contributed by atoms with Crippen LogP contribution in [-0.4, -0.2) is 34.0 Å². The van der Waals surface area contributed by atoms with Gasteiger partial charge in [0.15, 0.2) is 5.82 Å². The van der Waals surface area contributed by atoms with Crippen LogP contribution in [0.4, 0.5) is 5.69 Å². The second-order valence-corrected chi connectivity index (χ2v) is 5.41. The molecule has 3 rings (SSSR count). The molecule has 0 amide bonds. The van der Waals surface area contributed by atoms with Crippen LogP contribution in [0.3, 0.4) is 0 Å². The number of rotatable bonds is 3. The minimum atomic E-state index is 0.468. The lowest BCUT2D eigenvalue weighted by Gasteiger charge is -2.30. The summed E-state index contributed by atoms with van der Waals surface area (Å²) in [6, 6.07) is 8.74. The predicted molar refractivity (Wildman–Crippen MR) is 78.4 cm³/mol. The number of aromatic nitrogens is 3. The minimum absolute atomic E-state index is 0.468. The number of ether oxygens (including phenoxy) is 1. The third-order valence-corrected chi connectivity index (χ3v) is 3.71. The highest BCUT2D eigenvalue weighted by Crippen LogP contribution is 2.23. The Labute approximate surface area is 119 Å². The van der Waals surface area contributed by atoms with E-state index in [1.807, 2.05) is 19.2 Å². The van der Waals surface area contributed by atoms with Crippen molar-refractivity contribution in [1.29, 1.82) is 0 Å². The van der Waals surface area contributed by atoms with E-state index in [-0.39, 0.29) is 0 Å². The summed E-state index contributed by atoms with van der Waals surface area (Å²) in [4.78, 5) is 4.29. The molecule has 20 heavy (non-hydrogen) atoms. The van der Waals surface area contributed by atoms with E-state index in [1.54, 1.807) is 11.0 Å². The first-order valence-corrected chi connectivity index (χ1v) is 7.03. The Hall–Kier alpha value is -1.88. The summed E-state index contributed by atoms with van der Waals surface area (Å²) in [5.41, 5.74) is 2.16. The number of nitrogens with one attached hydrogen (secondary N) is 1. The van der Waals surface area contributed by atoms with Gasteiger partial charge in [-0.1, -0.05) is 19.1 Å². The summed E-state index contributed by atoms with van der Waals surface area (Å²) in [5, 5.41) is 7.95. The molecule has 0 spiro atoms. The molecule has 1 aliphatic rings. The number of hydrogen-bond donors (Lipinski definition) is 1. The maximum Gasteiger partial charge on any atom is 0.181 e. The molecule has 106 valence electrons. The van der Waals surface area contributed by atoms with Crippen molar-refractivity contribution in [2.45, 2.75) is 19.4 Å². The van der Waals surface area contributed by atoms with Crippen molar-refractivity contribution >= 4 is 5.69 Å². The van der Waals surface area contributed by atoms with Crippen LogP contribution < -0.4 is 5.32 Å². The van der Waals surface area contributed by atoms with Crippen molar-refractivity contribution in [3.05, 3.63) is 30.6 Å². The van der Waals surface area contributed by atoms with E-state index in [2.05, 4.69) is 34.5 Å². The zero-order valence-corrected chi connectivity index (χ0v) is 11.9. The summed E-state index contributed by atoms with van der Waals surface area (Å²) in [5.74, 6) is 1.29. The van der Waals surface area contributed by atoms with Crippen molar-refractivity contribution in [3.63, 3.8) is 0 Å². The Bertz CT molecular complexity index is 581. The van der Waals surface area contributed by atoms with Gasteiger partial charge in [0.2, 0.25) is 0 Å². The number of nitrogens with zero attached hydrogens (tertiary/aromatic N) is 3. The zero-order chi connectivity index (χ0) is 13.9. The molecule has 1 N–H and O–H groups in total. The predicted octanol–water partition coefficient (Wildman–Crippen LogP) is 2.32. The Morgan fingerprint density at radius 2 is 2.30 bits per heavy atom. The quantitative estimate of drug-likeness (QED) is 0.931. The maximum atomic E-state index is 5.48. The number of aryl methyl sites for hydroxylation is 1. The molecule has 0 radical (unpaired) electrons. The van der Waals surface area contributed by atoms with Crippen LogP contribution in [0.25, 0.3) is 11.4 Å². The van der Waals surface area contributed by atoms with Gasteiger partial charge in [0, 0.05) is 30.9 Å². The first kappa shape index (κ1) is 13.1. The molecule has 5 nitrogen and oxygen atoms in total. The SMILES string of the molecule is C[C@@H]1COCC[C@H]1Nc1cccc(-c2ncn(C)n2)c1. The molecule has 2 heterocycles. The van der Waals surface area contributed by atoms with Crippen molar-refractivity contribution < 1.29 is 4.74 Å². The lowest BCUT2D eigenvalue weighted by Crippen LogP contribution is -2.35. The van der Waals surface area contributed by atoms with Crippen LogP contribution in [0, 0.1) is 5.92 Å². The van der Waals surface area contributed by atoms with Gasteiger partial charge in [-0.05, 0) is 24.5 Å². The van der Waals surface area contributed by atoms with Gasteiger partial charge in [0.1, 0.15) is 6.33 Å². The minimum Gasteiger partial charge on any atom is -0.382 e. The van der Waals surface area contributed by atoms with E-state index in [4.69, 9.17) is 4.74 Å². The standard InChI is InChI=1S/C15H20N4O/c1-11-9-20-7-6-14(11)17-13-5-3-4-12(8-13)15-16-10-19(2)18-15/h3-5,8,10-11,14,17H,6-7,9H2,1-2H3/t11-,14-/m1/s1. The molecule has 1 fully saturated rings. The Morgan fingerprint density at radius 1 is 1.40 bits per heavy atom. The van der Waals surface area contributed by atoms with Gasteiger partial charge >= 0.3 is 0 Å². The fourth-order valence-electron chi connectivity index (χ4n) is 2.53. The second-order valence-electron chi connectivity index (χ2n) is 5.41. The van der Waals surface area contributed by atoms with Gasteiger partial charge in [-0.3, -0.25) is 4.68 Å². The van der Waals surface area contributed by atoms with Gasteiger partial charge in [0.05, 0.1) is 6.61 Å². The van der Waals surface area contributed by atoms with Crippen molar-refractivity contribution in [3.8, 4) is 11.4 Å². The molecule has 0 unspecified atom stereocenters. The number of benzene rings is 1. The second kappa shape index (κ2) is 5.63. The average molecular weight is 272 g/mol. The molecule has 1 aromatic carbocycles. The Morgan fingerprint density at radius 3 is 3.05 bits per heavy atom. The van der Waals surface area contributed by atoms with Crippen molar-refractivity contribution in [2.24, 2.45) is 13.0 Å². The van der Waals surface area contributed by atoms with E-state index in [9.17, 15) is 0 Å². The van der Waals surface area contributed by atoms with Crippen LogP contribution in [0.15, 0.2) is 30.6 Å². The third kappa shape index (κ3) is 2.82. The van der Waals surface area contributed by atoms with E-state index in [0.717, 1.165) is 36.7 Å². The molecule has 2 atom stereocenters. The number of anilines is 1. The zero-order valence-electron chi connectivity index (χ0n) is 11.9. The van der Waals surface area contributed by atoms with E-state index in [1.165, 1.54) is 0 Å². The Balaban J connectivity index is 1.77. The van der Waals surface area contributed by atoms with Gasteiger partial charge < -0.3 is 10.1 Å². The van der Waals surface area contributed by atoms with Crippen LogP contribution >= 0.6 is 0 Å². The topological polar surface area (TPSA) is 52.0 Å². The molecular formula is C15H20N4O. The molecule has 1 aliphatic heterocycles. The first-order chi connectivity index (χ1) is 9.72. The maximum absolute atomic E-state index is 5.48. The summed E-state index contributed by atoms with van der Waals surface area (Å²) >= 11 is 0. The highest BCUT2D eigenvalue weighted by molar-refractivity contribution is 5.62. The van der Waals surface area contributed by atoms with Gasteiger partial charge in [-0.15, -0.1) is 0 Å². The lowest BCUT2D eigenvalue weighted by molar-refractivity contribution is 0.0538. The summed E-state index contributed by atoms with van der Waals surface area (Å²) in [7, 11) is 1.88. The Kier molecular flexibility index (Phi) is 3.69. The fraction of sp³-hybridized carbons (Fsp3) is 0.467. The van der Waals surface area contributed by atoms with E-state index < -0.39 is 0 Å². The number of hydrogen-bond acceptors (Lipinski definition) is 4. The van der Waals surface area contributed by atoms with Crippen LogP contribution in [0.5, 0.6) is 0 Å². The van der Waals surface area contributed by atoms with E-state index >= 15 is 0 Å². The van der Waals surface area contributed by atoms with Crippen molar-refractivity contribution in [1.82, 2.24) is 14.8 Å². The molecule has 1 saturated heterocycles. The van der Waals surface area contributed by atoms with Gasteiger partial charge in [-0.2, -0.15) is 5.10 Å². The fourth-order valence-corrected chi connectivity index (χ4v) is 2.53. The molecule has 0 aliphatic carbocycles. The lowest BCUT2D eigenvalue weighted by atomic mass is 9.97. The van der Waals surface area contributed by atoms with Gasteiger partial charge in [0.25, 0.3) is 0 Å². The largest absolute Gasteiger partial charge is 0.382 e. The smallest absolute Gasteiger partial charge is 0.181 e. The third-order valence-electron chi connectivity index (χ3n) is 3.71. The summed E-state index contributed by atoms with van der Waals surface area (Å²) in [6.45, 7) is 3.89. The monoisotopic (exact) mass is 272 g/mol. The molecular weight excluding hydrogens is 252 g/mol. The first-order valence-electron chi connectivity index (χ1n) is 7.03. The van der Waals surface area contributed by atoms with Crippen LogP contribution in [0.1, 0.15) is 13.3 Å². The van der Waals surface area contributed by atoms with Gasteiger partial charge in [-0.25, -0.2) is 4.98 Å². The molecule has 5 heteroatoms. The average Bonchev–Trinajstić information content (AvgIpc) is 2.89. The molecule has 2 aromatic rings. The highest BCUT2D eigenvalue weighted by Gasteiger charge is 2.21. The molecule has 0 bridgehead atoms. The van der Waals surface area contributed by atoms with Crippen LogP contribution in [0.2, 0.25) is 0 Å². The highest BCUT2D eigenvalue weighted by atomic mass is 16.5. The molecule has 1 aromatic heterocycles. The van der Waals surface area contributed by atoms with E-state index in [0.29, 0.717) is 12.0 Å². The van der Waals surface area contributed by atoms with Crippen molar-refractivity contribution in [2.75, 3.05) is 18.5 Å². The summed E-state index contributed by atoms with van der Waals surface area (Å²) in [6.07, 6.45) is 2.77. The van der Waals surface area contributed by atoms with Crippen LogP contribution in [-0.2, 0) is 11.8 Å². The summed E-state index contributed by atoms with van der Waals surface area (Å²) < 4.78 is 7.20.